The lowest BCUT2D eigenvalue weighted by molar-refractivity contribution is -0.117. The Labute approximate surface area is 163 Å². The van der Waals surface area contributed by atoms with Crippen LogP contribution in [0.15, 0.2) is 53.5 Å². The normalized spacial score (nSPS) is 11.0. The number of rotatable bonds is 8. The van der Waals surface area contributed by atoms with Gasteiger partial charge in [0.2, 0.25) is 5.91 Å². The van der Waals surface area contributed by atoms with Gasteiger partial charge in [0.05, 0.1) is 13.1 Å². The number of nitrogens with zero attached hydrogens (tertiary/aromatic N) is 1. The molecule has 2 aromatic carbocycles. The van der Waals surface area contributed by atoms with Crippen molar-refractivity contribution in [3.8, 4) is 0 Å². The van der Waals surface area contributed by atoms with Crippen LogP contribution in [0.2, 0.25) is 0 Å². The zero-order valence-corrected chi connectivity index (χ0v) is 15.7. The molecule has 0 atom stereocenters. The van der Waals surface area contributed by atoms with Gasteiger partial charge in [-0.3, -0.25) is 9.59 Å². The highest BCUT2D eigenvalue weighted by molar-refractivity contribution is 5.96. The molecule has 0 aliphatic heterocycles. The Morgan fingerprint density at radius 1 is 1.04 bits per heavy atom. The minimum atomic E-state index is -0.595. The van der Waals surface area contributed by atoms with Crippen LogP contribution >= 0.6 is 0 Å². The van der Waals surface area contributed by atoms with Crippen molar-refractivity contribution in [2.24, 2.45) is 10.7 Å². The van der Waals surface area contributed by atoms with Gasteiger partial charge in [-0.05, 0) is 42.3 Å². The molecule has 2 rings (SSSR count). The van der Waals surface area contributed by atoms with Gasteiger partial charge >= 0.3 is 0 Å². The maximum Gasteiger partial charge on any atom is 0.251 e. The molecular formula is C20H24FN5O2. The Hall–Kier alpha value is -3.42. The number of halogens is 1. The first-order valence-corrected chi connectivity index (χ1v) is 8.90. The van der Waals surface area contributed by atoms with Crippen molar-refractivity contribution in [1.82, 2.24) is 16.0 Å². The summed E-state index contributed by atoms with van der Waals surface area (Å²) in [5, 5.41) is 8.76. The van der Waals surface area contributed by atoms with E-state index in [0.29, 0.717) is 31.2 Å². The lowest BCUT2D eigenvalue weighted by atomic mass is 10.1. The third kappa shape index (κ3) is 7.06. The first-order valence-electron chi connectivity index (χ1n) is 8.90. The number of guanidine groups is 1. The van der Waals surface area contributed by atoms with E-state index in [1.54, 1.807) is 18.2 Å². The average Bonchev–Trinajstić information content (AvgIpc) is 2.68. The smallest absolute Gasteiger partial charge is 0.251 e. The van der Waals surface area contributed by atoms with E-state index in [-0.39, 0.29) is 18.3 Å². The van der Waals surface area contributed by atoms with Gasteiger partial charge in [0, 0.05) is 18.7 Å². The lowest BCUT2D eigenvalue weighted by Gasteiger charge is -2.12. The molecule has 148 valence electrons. The fraction of sp³-hybridized carbons (Fsp3) is 0.250. The summed E-state index contributed by atoms with van der Waals surface area (Å²) in [6.07, 6.45) is 0. The zero-order valence-electron chi connectivity index (χ0n) is 15.7. The second-order valence-corrected chi connectivity index (χ2v) is 6.02. The molecule has 0 saturated carbocycles. The van der Waals surface area contributed by atoms with E-state index >= 15 is 0 Å². The summed E-state index contributed by atoms with van der Waals surface area (Å²) in [5.74, 6) is -0.633. The predicted octanol–water partition coefficient (Wildman–Crippen LogP) is 1.30. The van der Waals surface area contributed by atoms with Crippen LogP contribution in [0.3, 0.4) is 0 Å². The van der Waals surface area contributed by atoms with Gasteiger partial charge in [0.25, 0.3) is 5.91 Å². The fourth-order valence-corrected chi connectivity index (χ4v) is 2.38. The van der Waals surface area contributed by atoms with Crippen LogP contribution in [0, 0.1) is 5.82 Å². The molecule has 0 heterocycles. The molecule has 0 aliphatic carbocycles. The number of carbonyl (C=O) groups is 2. The third-order valence-electron chi connectivity index (χ3n) is 3.75. The Balaban J connectivity index is 1.92. The SMILES string of the molecule is CCNC(=NCc1cccc(F)c1)NCc1ccc(C(=O)NCC(N)=O)cc1. The number of amides is 2. The van der Waals surface area contributed by atoms with Gasteiger partial charge in [-0.1, -0.05) is 24.3 Å². The van der Waals surface area contributed by atoms with E-state index < -0.39 is 5.91 Å². The van der Waals surface area contributed by atoms with Crippen LogP contribution in [0.1, 0.15) is 28.4 Å². The summed E-state index contributed by atoms with van der Waals surface area (Å²) in [5.41, 5.74) is 7.18. The molecule has 28 heavy (non-hydrogen) atoms. The lowest BCUT2D eigenvalue weighted by Crippen LogP contribution is -2.36. The second-order valence-electron chi connectivity index (χ2n) is 6.02. The van der Waals surface area contributed by atoms with Crippen LogP contribution in [0.5, 0.6) is 0 Å². The number of aliphatic imine (C=N–C) groups is 1. The fourth-order valence-electron chi connectivity index (χ4n) is 2.38. The Morgan fingerprint density at radius 2 is 1.79 bits per heavy atom. The molecule has 2 amide bonds. The van der Waals surface area contributed by atoms with E-state index in [2.05, 4.69) is 20.9 Å². The highest BCUT2D eigenvalue weighted by Gasteiger charge is 2.06. The van der Waals surface area contributed by atoms with E-state index in [1.807, 2.05) is 25.1 Å². The van der Waals surface area contributed by atoms with Gasteiger partial charge in [0.15, 0.2) is 5.96 Å². The van der Waals surface area contributed by atoms with Gasteiger partial charge in [-0.25, -0.2) is 9.38 Å². The molecule has 0 spiro atoms. The van der Waals surface area contributed by atoms with E-state index in [9.17, 15) is 14.0 Å². The van der Waals surface area contributed by atoms with E-state index in [4.69, 9.17) is 5.73 Å². The highest BCUT2D eigenvalue weighted by Crippen LogP contribution is 2.06. The largest absolute Gasteiger partial charge is 0.368 e. The van der Waals surface area contributed by atoms with Crippen molar-refractivity contribution in [2.75, 3.05) is 13.1 Å². The van der Waals surface area contributed by atoms with Crippen LogP contribution in [-0.4, -0.2) is 30.9 Å². The average molecular weight is 385 g/mol. The summed E-state index contributed by atoms with van der Waals surface area (Å²) in [7, 11) is 0. The number of carbonyl (C=O) groups excluding carboxylic acids is 2. The first kappa shape index (κ1) is 20.9. The van der Waals surface area contributed by atoms with Gasteiger partial charge in [-0.2, -0.15) is 0 Å². The number of hydrogen-bond donors (Lipinski definition) is 4. The summed E-state index contributed by atoms with van der Waals surface area (Å²) in [6.45, 7) is 3.30. The molecular weight excluding hydrogens is 361 g/mol. The minimum Gasteiger partial charge on any atom is -0.368 e. The van der Waals surface area contributed by atoms with Crippen molar-refractivity contribution < 1.29 is 14.0 Å². The number of nitrogens with two attached hydrogens (primary N) is 1. The van der Waals surface area contributed by atoms with Gasteiger partial charge in [-0.15, -0.1) is 0 Å². The molecule has 8 heteroatoms. The van der Waals surface area contributed by atoms with Crippen LogP contribution in [0.25, 0.3) is 0 Å². The summed E-state index contributed by atoms with van der Waals surface area (Å²) < 4.78 is 13.3. The molecule has 5 N–H and O–H groups in total. The standard InChI is InChI=1S/C20H24FN5O2/c1-2-23-20(26-12-15-4-3-5-17(21)10-15)25-11-14-6-8-16(9-7-14)19(28)24-13-18(22)27/h3-10H,2,11-13H2,1H3,(H2,22,27)(H,24,28)(H2,23,25,26). The molecule has 0 saturated heterocycles. The molecule has 0 radical (unpaired) electrons. The van der Waals surface area contributed by atoms with Crippen molar-refractivity contribution >= 4 is 17.8 Å². The van der Waals surface area contributed by atoms with E-state index in [1.165, 1.54) is 12.1 Å². The first-order chi connectivity index (χ1) is 13.5. The molecule has 0 fully saturated rings. The summed E-state index contributed by atoms with van der Waals surface area (Å²) in [6, 6.07) is 13.3. The monoisotopic (exact) mass is 385 g/mol. The van der Waals surface area contributed by atoms with Crippen molar-refractivity contribution in [1.29, 1.82) is 0 Å². The van der Waals surface area contributed by atoms with Crippen LogP contribution in [0.4, 0.5) is 4.39 Å². The Kier molecular flexibility index (Phi) is 7.95. The van der Waals surface area contributed by atoms with Crippen LogP contribution in [-0.2, 0) is 17.9 Å². The minimum absolute atomic E-state index is 0.198. The van der Waals surface area contributed by atoms with Crippen molar-refractivity contribution in [2.45, 2.75) is 20.0 Å². The van der Waals surface area contributed by atoms with Crippen LogP contribution < -0.4 is 21.7 Å². The second kappa shape index (κ2) is 10.7. The molecule has 0 aliphatic rings. The molecule has 0 unspecified atom stereocenters. The molecule has 7 nitrogen and oxygen atoms in total. The predicted molar refractivity (Wildman–Crippen MR) is 106 cm³/mol. The zero-order chi connectivity index (χ0) is 20.4. The summed E-state index contributed by atoms with van der Waals surface area (Å²) >= 11 is 0. The number of nitrogens with one attached hydrogen (secondary N) is 3. The Morgan fingerprint density at radius 3 is 2.43 bits per heavy atom. The Bertz CT molecular complexity index is 837. The van der Waals surface area contributed by atoms with E-state index in [0.717, 1.165) is 11.1 Å². The number of hydrogen-bond acceptors (Lipinski definition) is 3. The molecule has 0 bridgehead atoms. The van der Waals surface area contributed by atoms with Crippen molar-refractivity contribution in [3.05, 3.63) is 71.0 Å². The van der Waals surface area contributed by atoms with Gasteiger partial charge in [0.1, 0.15) is 5.82 Å². The van der Waals surface area contributed by atoms with Gasteiger partial charge < -0.3 is 21.7 Å². The quantitative estimate of drug-likeness (QED) is 0.406. The maximum absolute atomic E-state index is 13.3. The van der Waals surface area contributed by atoms with Crippen molar-refractivity contribution in [3.63, 3.8) is 0 Å². The third-order valence-corrected chi connectivity index (χ3v) is 3.75. The molecule has 2 aromatic rings. The maximum atomic E-state index is 13.3. The summed E-state index contributed by atoms with van der Waals surface area (Å²) in [4.78, 5) is 27.0. The number of benzene rings is 2. The molecule has 0 aromatic heterocycles. The topological polar surface area (TPSA) is 109 Å². The highest BCUT2D eigenvalue weighted by atomic mass is 19.1. The number of primary amides is 1.